The lowest BCUT2D eigenvalue weighted by atomic mass is 10.3. The lowest BCUT2D eigenvalue weighted by Crippen LogP contribution is -2.03. The summed E-state index contributed by atoms with van der Waals surface area (Å²) in [5.74, 6) is 5.74. The van der Waals surface area contributed by atoms with Crippen LogP contribution in [0.2, 0.25) is 0 Å². The molecule has 1 unspecified atom stereocenters. The van der Waals surface area contributed by atoms with Crippen molar-refractivity contribution in [2.75, 3.05) is 6.54 Å². The Morgan fingerprint density at radius 1 is 1.69 bits per heavy atom. The molecule has 70 valence electrons. The highest BCUT2D eigenvalue weighted by molar-refractivity contribution is 5.29. The van der Waals surface area contributed by atoms with Crippen LogP contribution >= 0.6 is 0 Å². The third-order valence-electron chi connectivity index (χ3n) is 1.98. The fraction of sp³-hybridized carbons (Fsp3) is 0.500. The minimum Gasteiger partial charge on any atom is -0.320 e. The summed E-state index contributed by atoms with van der Waals surface area (Å²) >= 11 is 0. The zero-order valence-electron chi connectivity index (χ0n) is 8.12. The zero-order valence-corrected chi connectivity index (χ0v) is 8.12. The molecular weight excluding hydrogens is 162 g/mol. The molecule has 0 aromatic carbocycles. The van der Waals surface area contributed by atoms with Gasteiger partial charge in [-0.1, -0.05) is 18.8 Å². The molecule has 1 aromatic rings. The van der Waals surface area contributed by atoms with E-state index in [4.69, 9.17) is 5.73 Å². The highest BCUT2D eigenvalue weighted by Gasteiger charge is 2.01. The van der Waals surface area contributed by atoms with E-state index in [0.717, 1.165) is 12.0 Å². The summed E-state index contributed by atoms with van der Waals surface area (Å²) in [5, 5.41) is 4.21. The van der Waals surface area contributed by atoms with E-state index in [1.807, 2.05) is 10.9 Å². The Bertz CT molecular complexity index is 316. The molecule has 0 saturated heterocycles. The molecule has 1 heterocycles. The third-order valence-corrected chi connectivity index (χ3v) is 1.98. The van der Waals surface area contributed by atoms with Crippen molar-refractivity contribution in [3.05, 3.63) is 18.0 Å². The first-order valence-electron chi connectivity index (χ1n) is 4.51. The second kappa shape index (κ2) is 4.68. The Kier molecular flexibility index (Phi) is 3.53. The first kappa shape index (κ1) is 9.82. The van der Waals surface area contributed by atoms with E-state index in [0.29, 0.717) is 12.6 Å². The maximum absolute atomic E-state index is 5.27. The molecule has 1 aromatic heterocycles. The molecule has 0 bridgehead atoms. The molecule has 0 saturated carbocycles. The van der Waals surface area contributed by atoms with Crippen molar-refractivity contribution in [3.8, 4) is 11.8 Å². The fourth-order valence-corrected chi connectivity index (χ4v) is 0.984. The molecule has 0 aliphatic heterocycles. The van der Waals surface area contributed by atoms with Crippen molar-refractivity contribution in [1.29, 1.82) is 0 Å². The lowest BCUT2D eigenvalue weighted by Gasteiger charge is -2.07. The summed E-state index contributed by atoms with van der Waals surface area (Å²) in [6.07, 6.45) is 4.80. The number of rotatable bonds is 2. The standard InChI is InChI=1S/C10H15N3/c1-3-9(2)13-8-10(7-12-13)5-4-6-11/h7-9H,3,6,11H2,1-2H3. The number of nitrogens with zero attached hydrogens (tertiary/aromatic N) is 2. The Hall–Kier alpha value is -1.27. The van der Waals surface area contributed by atoms with Crippen molar-refractivity contribution in [2.45, 2.75) is 26.3 Å². The lowest BCUT2D eigenvalue weighted by molar-refractivity contribution is 0.478. The molecule has 1 rings (SSSR count). The predicted octanol–water partition coefficient (Wildman–Crippen LogP) is 1.16. The van der Waals surface area contributed by atoms with Gasteiger partial charge in [-0.25, -0.2) is 0 Å². The molecule has 2 N–H and O–H groups in total. The molecule has 0 spiro atoms. The average Bonchev–Trinajstić information content (AvgIpc) is 2.62. The van der Waals surface area contributed by atoms with Crippen LogP contribution in [0.3, 0.4) is 0 Å². The summed E-state index contributed by atoms with van der Waals surface area (Å²) in [5.41, 5.74) is 6.20. The molecule has 0 radical (unpaired) electrons. The monoisotopic (exact) mass is 177 g/mol. The van der Waals surface area contributed by atoms with Gasteiger partial charge in [0.15, 0.2) is 0 Å². The largest absolute Gasteiger partial charge is 0.320 e. The Morgan fingerprint density at radius 2 is 2.46 bits per heavy atom. The minimum absolute atomic E-state index is 0.397. The number of nitrogens with two attached hydrogens (primary N) is 1. The van der Waals surface area contributed by atoms with E-state index in [2.05, 4.69) is 30.8 Å². The van der Waals surface area contributed by atoms with Crippen LogP contribution in [0, 0.1) is 11.8 Å². The highest BCUT2D eigenvalue weighted by atomic mass is 15.3. The van der Waals surface area contributed by atoms with E-state index >= 15 is 0 Å². The van der Waals surface area contributed by atoms with Crippen molar-refractivity contribution in [3.63, 3.8) is 0 Å². The van der Waals surface area contributed by atoms with Gasteiger partial charge in [0.2, 0.25) is 0 Å². The van der Waals surface area contributed by atoms with Gasteiger partial charge in [-0.3, -0.25) is 4.68 Å². The fourth-order valence-electron chi connectivity index (χ4n) is 0.984. The molecule has 0 aliphatic rings. The van der Waals surface area contributed by atoms with Crippen LogP contribution in [0.15, 0.2) is 12.4 Å². The summed E-state index contributed by atoms with van der Waals surface area (Å²) in [6, 6.07) is 0.438. The van der Waals surface area contributed by atoms with E-state index in [1.54, 1.807) is 6.20 Å². The van der Waals surface area contributed by atoms with E-state index in [1.165, 1.54) is 0 Å². The quantitative estimate of drug-likeness (QED) is 0.689. The zero-order chi connectivity index (χ0) is 9.68. The molecule has 13 heavy (non-hydrogen) atoms. The van der Waals surface area contributed by atoms with E-state index in [-0.39, 0.29) is 0 Å². The molecule has 1 atom stereocenters. The molecule has 0 fully saturated rings. The SMILES string of the molecule is CCC(C)n1cc(C#CCN)cn1. The van der Waals surface area contributed by atoms with Crippen LogP contribution in [0.5, 0.6) is 0 Å². The summed E-state index contributed by atoms with van der Waals surface area (Å²) in [7, 11) is 0. The topological polar surface area (TPSA) is 43.8 Å². The molecular formula is C10H15N3. The Labute approximate surface area is 78.9 Å². The van der Waals surface area contributed by atoms with Crippen LogP contribution in [0.4, 0.5) is 0 Å². The summed E-state index contributed by atoms with van der Waals surface area (Å²) in [6.45, 7) is 4.67. The summed E-state index contributed by atoms with van der Waals surface area (Å²) < 4.78 is 1.93. The third kappa shape index (κ3) is 2.60. The number of aromatic nitrogens is 2. The normalized spacial score (nSPS) is 11.9. The highest BCUT2D eigenvalue weighted by Crippen LogP contribution is 2.08. The van der Waals surface area contributed by atoms with Gasteiger partial charge in [-0.05, 0) is 13.3 Å². The van der Waals surface area contributed by atoms with Gasteiger partial charge in [0.25, 0.3) is 0 Å². The summed E-state index contributed by atoms with van der Waals surface area (Å²) in [4.78, 5) is 0. The van der Waals surface area contributed by atoms with Gasteiger partial charge >= 0.3 is 0 Å². The van der Waals surface area contributed by atoms with Crippen LogP contribution < -0.4 is 5.73 Å². The maximum Gasteiger partial charge on any atom is 0.0646 e. The van der Waals surface area contributed by atoms with Gasteiger partial charge in [0, 0.05) is 12.2 Å². The molecule has 0 amide bonds. The predicted molar refractivity (Wildman–Crippen MR) is 53.2 cm³/mol. The molecule has 3 nitrogen and oxygen atoms in total. The average molecular weight is 177 g/mol. The maximum atomic E-state index is 5.27. The van der Waals surface area contributed by atoms with Crippen LogP contribution in [-0.4, -0.2) is 16.3 Å². The van der Waals surface area contributed by atoms with Gasteiger partial charge in [0.05, 0.1) is 18.3 Å². The second-order valence-electron chi connectivity index (χ2n) is 2.97. The first-order chi connectivity index (χ1) is 6.27. The van der Waals surface area contributed by atoms with Gasteiger partial charge in [0.1, 0.15) is 0 Å². The van der Waals surface area contributed by atoms with Crippen molar-refractivity contribution >= 4 is 0 Å². The number of hydrogen-bond acceptors (Lipinski definition) is 2. The van der Waals surface area contributed by atoms with Gasteiger partial charge < -0.3 is 5.73 Å². The van der Waals surface area contributed by atoms with E-state index in [9.17, 15) is 0 Å². The molecule has 3 heteroatoms. The van der Waals surface area contributed by atoms with Gasteiger partial charge in [-0.15, -0.1) is 0 Å². The smallest absolute Gasteiger partial charge is 0.0646 e. The minimum atomic E-state index is 0.397. The van der Waals surface area contributed by atoms with Crippen LogP contribution in [0.25, 0.3) is 0 Å². The van der Waals surface area contributed by atoms with E-state index < -0.39 is 0 Å². The van der Waals surface area contributed by atoms with Crippen molar-refractivity contribution in [2.24, 2.45) is 5.73 Å². The van der Waals surface area contributed by atoms with Crippen molar-refractivity contribution < 1.29 is 0 Å². The first-order valence-corrected chi connectivity index (χ1v) is 4.51. The number of hydrogen-bond donors (Lipinski definition) is 1. The van der Waals surface area contributed by atoms with Crippen LogP contribution in [0.1, 0.15) is 31.9 Å². The Balaban J connectivity index is 2.74. The Morgan fingerprint density at radius 3 is 3.08 bits per heavy atom. The van der Waals surface area contributed by atoms with Gasteiger partial charge in [-0.2, -0.15) is 5.10 Å². The van der Waals surface area contributed by atoms with Crippen molar-refractivity contribution in [1.82, 2.24) is 9.78 Å². The second-order valence-corrected chi connectivity index (χ2v) is 2.97. The van der Waals surface area contributed by atoms with Crippen LogP contribution in [-0.2, 0) is 0 Å². The molecule has 0 aliphatic carbocycles.